The van der Waals surface area contributed by atoms with E-state index in [0.29, 0.717) is 11.7 Å². The van der Waals surface area contributed by atoms with E-state index in [9.17, 15) is 4.79 Å². The van der Waals surface area contributed by atoms with E-state index in [2.05, 4.69) is 15.2 Å². The normalized spacial score (nSPS) is 25.2. The molecule has 2 atom stereocenters. The summed E-state index contributed by atoms with van der Waals surface area (Å²) in [6.07, 6.45) is 5.98. The van der Waals surface area contributed by atoms with Gasteiger partial charge in [-0.05, 0) is 19.3 Å². The first kappa shape index (κ1) is 10.5. The van der Waals surface area contributed by atoms with Gasteiger partial charge in [0.05, 0.1) is 0 Å². The van der Waals surface area contributed by atoms with Crippen molar-refractivity contribution >= 4 is 5.78 Å². The molecule has 2 heterocycles. The molecule has 0 aromatic carbocycles. The van der Waals surface area contributed by atoms with Crippen molar-refractivity contribution < 1.29 is 0 Å². The lowest BCUT2D eigenvalue weighted by atomic mass is 9.86. The van der Waals surface area contributed by atoms with E-state index in [1.165, 1.54) is 6.07 Å². The molecule has 3 N–H and O–H groups in total. The minimum atomic E-state index is -0.156. The third kappa shape index (κ3) is 1.84. The molecule has 0 radical (unpaired) electrons. The number of nitrogens with zero attached hydrogens (tertiary/aromatic N) is 3. The fourth-order valence-electron chi connectivity index (χ4n) is 2.57. The molecule has 2 aromatic rings. The van der Waals surface area contributed by atoms with Crippen LogP contribution in [-0.2, 0) is 0 Å². The van der Waals surface area contributed by atoms with Crippen molar-refractivity contribution in [1.29, 1.82) is 0 Å². The largest absolute Gasteiger partial charge is 0.328 e. The number of nitrogens with two attached hydrogens (primary N) is 1. The van der Waals surface area contributed by atoms with Crippen LogP contribution >= 0.6 is 0 Å². The molecule has 2 aromatic heterocycles. The van der Waals surface area contributed by atoms with Crippen molar-refractivity contribution in [3.8, 4) is 0 Å². The van der Waals surface area contributed by atoms with E-state index in [1.54, 1.807) is 6.20 Å². The Bertz CT molecular complexity index is 587. The highest BCUT2D eigenvalue weighted by Gasteiger charge is 2.24. The standard InChI is InChI=1S/C11H15N5O/c12-8-3-1-2-7(6-8)10-14-15-11-13-9(17)4-5-16(10)11/h4-5,7-8H,1-3,6,12H2,(H,13,15,17)/t7-,8+/m0/s1. The summed E-state index contributed by atoms with van der Waals surface area (Å²) in [7, 11) is 0. The summed E-state index contributed by atoms with van der Waals surface area (Å²) in [4.78, 5) is 13.8. The van der Waals surface area contributed by atoms with Gasteiger partial charge in [-0.2, -0.15) is 0 Å². The van der Waals surface area contributed by atoms with Crippen LogP contribution in [0.2, 0.25) is 0 Å². The van der Waals surface area contributed by atoms with Gasteiger partial charge >= 0.3 is 0 Å². The second-order valence-corrected chi connectivity index (χ2v) is 4.68. The first-order valence-electron chi connectivity index (χ1n) is 5.93. The van der Waals surface area contributed by atoms with Gasteiger partial charge in [0.25, 0.3) is 5.56 Å². The summed E-state index contributed by atoms with van der Waals surface area (Å²) in [5, 5.41) is 8.18. The Kier molecular flexibility index (Phi) is 2.44. The molecular formula is C11H15N5O. The van der Waals surface area contributed by atoms with Crippen molar-refractivity contribution in [2.75, 3.05) is 0 Å². The summed E-state index contributed by atoms with van der Waals surface area (Å²) >= 11 is 0. The van der Waals surface area contributed by atoms with Crippen LogP contribution in [0.1, 0.15) is 37.4 Å². The molecule has 1 aliphatic carbocycles. The Morgan fingerprint density at radius 3 is 3.12 bits per heavy atom. The lowest BCUT2D eigenvalue weighted by Crippen LogP contribution is -2.27. The van der Waals surface area contributed by atoms with Gasteiger partial charge in [-0.3, -0.25) is 14.2 Å². The molecule has 1 saturated carbocycles. The SMILES string of the molecule is N[C@@H]1CCC[C@H](c2nnc3[nH]c(=O)ccn23)C1. The zero-order valence-corrected chi connectivity index (χ0v) is 9.47. The van der Waals surface area contributed by atoms with E-state index in [1.807, 2.05) is 4.40 Å². The fourth-order valence-corrected chi connectivity index (χ4v) is 2.57. The molecule has 0 bridgehead atoms. The van der Waals surface area contributed by atoms with Gasteiger partial charge in [-0.25, -0.2) is 0 Å². The third-order valence-electron chi connectivity index (χ3n) is 3.41. The number of nitrogens with one attached hydrogen (secondary N) is 1. The van der Waals surface area contributed by atoms with E-state index in [0.717, 1.165) is 31.5 Å². The molecule has 0 unspecified atom stereocenters. The van der Waals surface area contributed by atoms with Crippen LogP contribution in [0.25, 0.3) is 5.78 Å². The Labute approximate surface area is 97.9 Å². The zero-order chi connectivity index (χ0) is 11.8. The lowest BCUT2D eigenvalue weighted by Gasteiger charge is -2.25. The van der Waals surface area contributed by atoms with Crippen molar-refractivity contribution in [2.45, 2.75) is 37.6 Å². The highest BCUT2D eigenvalue weighted by Crippen LogP contribution is 2.30. The van der Waals surface area contributed by atoms with E-state index in [4.69, 9.17) is 5.73 Å². The molecule has 1 aliphatic rings. The number of aromatic amines is 1. The molecule has 90 valence electrons. The molecule has 0 aliphatic heterocycles. The summed E-state index contributed by atoms with van der Waals surface area (Å²) in [5.74, 6) is 1.76. The zero-order valence-electron chi connectivity index (χ0n) is 9.47. The number of aromatic nitrogens is 4. The first-order valence-corrected chi connectivity index (χ1v) is 5.93. The van der Waals surface area contributed by atoms with E-state index < -0.39 is 0 Å². The molecule has 0 amide bonds. The van der Waals surface area contributed by atoms with Crippen LogP contribution in [0.15, 0.2) is 17.1 Å². The Morgan fingerprint density at radius 2 is 2.29 bits per heavy atom. The average Bonchev–Trinajstić information content (AvgIpc) is 2.71. The predicted molar refractivity (Wildman–Crippen MR) is 62.8 cm³/mol. The molecule has 0 saturated heterocycles. The van der Waals surface area contributed by atoms with Gasteiger partial charge in [0, 0.05) is 24.2 Å². The number of H-pyrrole nitrogens is 1. The second kappa shape index (κ2) is 3.96. The molecule has 1 fully saturated rings. The van der Waals surface area contributed by atoms with Gasteiger partial charge < -0.3 is 5.73 Å². The number of fused-ring (bicyclic) bond motifs is 1. The van der Waals surface area contributed by atoms with E-state index >= 15 is 0 Å². The minimum Gasteiger partial charge on any atom is -0.328 e. The van der Waals surface area contributed by atoms with Gasteiger partial charge in [0.15, 0.2) is 0 Å². The minimum absolute atomic E-state index is 0.156. The van der Waals surface area contributed by atoms with Crippen molar-refractivity contribution in [3.05, 3.63) is 28.4 Å². The number of rotatable bonds is 1. The third-order valence-corrected chi connectivity index (χ3v) is 3.41. The van der Waals surface area contributed by atoms with Crippen molar-refractivity contribution in [2.24, 2.45) is 5.73 Å². The number of hydrogen-bond donors (Lipinski definition) is 2. The predicted octanol–water partition coefficient (Wildman–Crippen LogP) is 0.402. The molecule has 6 heteroatoms. The average molecular weight is 233 g/mol. The fraction of sp³-hybridized carbons (Fsp3) is 0.545. The maximum absolute atomic E-state index is 11.2. The highest BCUT2D eigenvalue weighted by atomic mass is 16.1. The van der Waals surface area contributed by atoms with Gasteiger partial charge in [0.2, 0.25) is 5.78 Å². The van der Waals surface area contributed by atoms with Gasteiger partial charge in [-0.15, -0.1) is 10.2 Å². The van der Waals surface area contributed by atoms with Crippen LogP contribution < -0.4 is 11.3 Å². The van der Waals surface area contributed by atoms with Crippen molar-refractivity contribution in [3.63, 3.8) is 0 Å². The maximum atomic E-state index is 11.2. The summed E-state index contributed by atoms with van der Waals surface area (Å²) < 4.78 is 1.85. The molecule has 17 heavy (non-hydrogen) atoms. The highest BCUT2D eigenvalue weighted by molar-refractivity contribution is 5.27. The first-order chi connectivity index (χ1) is 8.24. The Morgan fingerprint density at radius 1 is 1.41 bits per heavy atom. The summed E-state index contributed by atoms with van der Waals surface area (Å²) in [5.41, 5.74) is 5.83. The molecule has 6 nitrogen and oxygen atoms in total. The van der Waals surface area contributed by atoms with Crippen LogP contribution in [0.4, 0.5) is 0 Å². The van der Waals surface area contributed by atoms with E-state index in [-0.39, 0.29) is 11.6 Å². The Hall–Kier alpha value is -1.69. The maximum Gasteiger partial charge on any atom is 0.252 e. The molecular weight excluding hydrogens is 218 g/mol. The summed E-state index contributed by atoms with van der Waals surface area (Å²) in [6, 6.07) is 1.74. The topological polar surface area (TPSA) is 89.1 Å². The van der Waals surface area contributed by atoms with Crippen molar-refractivity contribution in [1.82, 2.24) is 19.6 Å². The number of hydrogen-bond acceptors (Lipinski definition) is 4. The molecule has 3 rings (SSSR count). The smallest absolute Gasteiger partial charge is 0.252 e. The second-order valence-electron chi connectivity index (χ2n) is 4.68. The summed E-state index contributed by atoms with van der Waals surface area (Å²) in [6.45, 7) is 0. The monoisotopic (exact) mass is 233 g/mol. The quantitative estimate of drug-likeness (QED) is 0.746. The Balaban J connectivity index is 2.02. The van der Waals surface area contributed by atoms with Gasteiger partial charge in [-0.1, -0.05) is 6.42 Å². The van der Waals surface area contributed by atoms with Crippen LogP contribution in [0.3, 0.4) is 0 Å². The van der Waals surface area contributed by atoms with Crippen LogP contribution in [0, 0.1) is 0 Å². The lowest BCUT2D eigenvalue weighted by molar-refractivity contribution is 0.380. The molecule has 0 spiro atoms. The van der Waals surface area contributed by atoms with Crippen LogP contribution in [0.5, 0.6) is 0 Å². The van der Waals surface area contributed by atoms with Gasteiger partial charge in [0.1, 0.15) is 5.82 Å². The van der Waals surface area contributed by atoms with Crippen LogP contribution in [-0.4, -0.2) is 25.6 Å².